The Bertz CT molecular complexity index is 1260. The highest BCUT2D eigenvalue weighted by atomic mass is 19.4. The number of ketones is 2. The molecule has 2 aliphatic rings. The molecule has 1 amide bonds. The molecule has 1 spiro atoms. The number of nitrogens with zero attached hydrogens (tertiary/aromatic N) is 1. The zero-order valence-corrected chi connectivity index (χ0v) is 19.2. The Balaban J connectivity index is 1.79. The normalized spacial score (nSPS) is 21.8. The number of halogens is 3. The number of carbonyl (C=O) groups excluding carboxylic acids is 3. The van der Waals surface area contributed by atoms with Gasteiger partial charge in [0.25, 0.3) is 0 Å². The lowest BCUT2D eigenvalue weighted by molar-refractivity contribution is -0.137. The first-order chi connectivity index (χ1) is 16.3. The van der Waals surface area contributed by atoms with Crippen LogP contribution in [0.2, 0.25) is 0 Å². The van der Waals surface area contributed by atoms with Crippen molar-refractivity contribution in [3.05, 3.63) is 89.8 Å². The van der Waals surface area contributed by atoms with Crippen molar-refractivity contribution in [2.45, 2.75) is 38.6 Å². The number of alkyl halides is 3. The van der Waals surface area contributed by atoms with Gasteiger partial charge in [-0.3, -0.25) is 14.5 Å². The van der Waals surface area contributed by atoms with Crippen LogP contribution in [0.25, 0.3) is 0 Å². The van der Waals surface area contributed by atoms with Crippen molar-refractivity contribution in [2.75, 3.05) is 5.32 Å². The molecule has 2 aromatic carbocycles. The van der Waals surface area contributed by atoms with Crippen LogP contribution >= 0.6 is 0 Å². The molecule has 1 heterocycles. The Morgan fingerprint density at radius 2 is 1.74 bits per heavy atom. The average molecular weight is 484 g/mol. The van der Waals surface area contributed by atoms with Gasteiger partial charge in [-0.05, 0) is 56.7 Å². The molecule has 35 heavy (non-hydrogen) atoms. The molecule has 2 atom stereocenters. The highest BCUT2D eigenvalue weighted by Crippen LogP contribution is 2.50. The van der Waals surface area contributed by atoms with Crippen LogP contribution in [-0.4, -0.2) is 28.2 Å². The van der Waals surface area contributed by atoms with E-state index in [1.807, 2.05) is 0 Å². The summed E-state index contributed by atoms with van der Waals surface area (Å²) in [4.78, 5) is 40.7. The molecule has 1 N–H and O–H groups in total. The van der Waals surface area contributed by atoms with E-state index in [9.17, 15) is 27.6 Å². The quantitative estimate of drug-likeness (QED) is 0.538. The van der Waals surface area contributed by atoms with Crippen LogP contribution in [0.3, 0.4) is 0 Å². The van der Waals surface area contributed by atoms with Crippen LogP contribution in [0.4, 0.5) is 23.7 Å². The zero-order valence-electron chi connectivity index (χ0n) is 19.2. The number of rotatable bonds is 2. The number of amides is 1. The second kappa shape index (κ2) is 8.41. The monoisotopic (exact) mass is 484 g/mol. The van der Waals surface area contributed by atoms with Gasteiger partial charge in [0, 0.05) is 23.7 Å². The summed E-state index contributed by atoms with van der Waals surface area (Å²) >= 11 is 0. The maximum absolute atomic E-state index is 13.6. The van der Waals surface area contributed by atoms with Crippen molar-refractivity contribution in [3.63, 3.8) is 0 Å². The van der Waals surface area contributed by atoms with Gasteiger partial charge in [0.2, 0.25) is 0 Å². The smallest absolute Gasteiger partial charge is 0.418 e. The van der Waals surface area contributed by atoms with E-state index in [2.05, 4.69) is 5.32 Å². The van der Waals surface area contributed by atoms with Crippen molar-refractivity contribution in [3.8, 4) is 0 Å². The third-order valence-electron chi connectivity index (χ3n) is 5.74. The molecule has 0 unspecified atom stereocenters. The molecule has 6 nitrogen and oxygen atoms in total. The number of allylic oxidation sites excluding steroid dienone is 1. The summed E-state index contributed by atoms with van der Waals surface area (Å²) in [5, 5.41) is 2.98. The molecule has 0 fully saturated rings. The molecule has 0 aromatic heterocycles. The van der Waals surface area contributed by atoms with Crippen molar-refractivity contribution >= 4 is 23.3 Å². The number of Topliss-reactive ketones (excluding diaryl/α,β-unsaturated/α-hetero) is 1. The van der Waals surface area contributed by atoms with Gasteiger partial charge in [-0.2, -0.15) is 13.2 Å². The Hall–Kier alpha value is -3.88. The lowest BCUT2D eigenvalue weighted by Crippen LogP contribution is -2.40. The van der Waals surface area contributed by atoms with Crippen LogP contribution in [0, 0.1) is 5.41 Å². The van der Waals surface area contributed by atoms with Gasteiger partial charge in [0.15, 0.2) is 11.6 Å². The fraction of sp³-hybridized carbons (Fsp3) is 0.269. The molecule has 9 heteroatoms. The topological polar surface area (TPSA) is 75.7 Å². The van der Waals surface area contributed by atoms with E-state index in [-0.39, 0.29) is 11.3 Å². The molecule has 0 saturated heterocycles. The fourth-order valence-corrected chi connectivity index (χ4v) is 4.18. The van der Waals surface area contributed by atoms with E-state index >= 15 is 0 Å². The Morgan fingerprint density at radius 3 is 2.43 bits per heavy atom. The Kier molecular flexibility index (Phi) is 5.82. The SMILES string of the molecule is CC(C)(C)OC(=O)N1C=CC(=O)[C@@]2(C=C1)C(=O)c1ccccc1[C@H]2Nc1cccc(C(F)(F)F)c1. The Labute approximate surface area is 200 Å². The highest BCUT2D eigenvalue weighted by molar-refractivity contribution is 6.23. The van der Waals surface area contributed by atoms with Gasteiger partial charge in [0.1, 0.15) is 11.0 Å². The van der Waals surface area contributed by atoms with E-state index in [1.54, 1.807) is 45.0 Å². The number of hydrogen-bond acceptors (Lipinski definition) is 5. The van der Waals surface area contributed by atoms with E-state index in [0.29, 0.717) is 5.56 Å². The first kappa shape index (κ1) is 24.3. The third-order valence-corrected chi connectivity index (χ3v) is 5.74. The first-order valence-electron chi connectivity index (χ1n) is 10.8. The number of ether oxygens (including phenoxy) is 1. The number of anilines is 1. The first-order valence-corrected chi connectivity index (χ1v) is 10.8. The van der Waals surface area contributed by atoms with Crippen LogP contribution < -0.4 is 5.32 Å². The summed E-state index contributed by atoms with van der Waals surface area (Å²) in [5.41, 5.74) is -2.65. The summed E-state index contributed by atoms with van der Waals surface area (Å²) in [5.74, 6) is -1.14. The summed E-state index contributed by atoms with van der Waals surface area (Å²) in [7, 11) is 0. The van der Waals surface area contributed by atoms with E-state index in [1.165, 1.54) is 30.6 Å². The lowest BCUT2D eigenvalue weighted by atomic mass is 9.75. The minimum Gasteiger partial charge on any atom is -0.443 e. The Morgan fingerprint density at radius 1 is 1.03 bits per heavy atom. The molecule has 182 valence electrons. The molecule has 0 bridgehead atoms. The van der Waals surface area contributed by atoms with Crippen molar-refractivity contribution in [1.29, 1.82) is 0 Å². The second-order valence-corrected chi connectivity index (χ2v) is 9.32. The summed E-state index contributed by atoms with van der Waals surface area (Å²) in [6, 6.07) is 10.1. The number of fused-ring (bicyclic) bond motifs is 1. The number of hydrogen-bond donors (Lipinski definition) is 1. The third kappa shape index (κ3) is 4.45. The van der Waals surface area contributed by atoms with Gasteiger partial charge in [-0.25, -0.2) is 4.79 Å². The zero-order chi connectivity index (χ0) is 25.6. The average Bonchev–Trinajstić information content (AvgIpc) is 2.89. The lowest BCUT2D eigenvalue weighted by Gasteiger charge is -2.30. The molecular formula is C26H23F3N2O4. The number of nitrogens with one attached hydrogen (secondary N) is 1. The number of carbonyl (C=O) groups is 3. The summed E-state index contributed by atoms with van der Waals surface area (Å²) < 4.78 is 45.2. The predicted molar refractivity (Wildman–Crippen MR) is 122 cm³/mol. The summed E-state index contributed by atoms with van der Waals surface area (Å²) in [6.07, 6.45) is -0.408. The van der Waals surface area contributed by atoms with Crippen LogP contribution in [0.1, 0.15) is 48.3 Å². The predicted octanol–water partition coefficient (Wildman–Crippen LogP) is 5.89. The number of benzene rings is 2. The maximum Gasteiger partial charge on any atom is 0.418 e. The van der Waals surface area contributed by atoms with E-state index < -0.39 is 46.5 Å². The van der Waals surface area contributed by atoms with Gasteiger partial charge in [-0.15, -0.1) is 0 Å². The van der Waals surface area contributed by atoms with E-state index in [0.717, 1.165) is 23.1 Å². The van der Waals surface area contributed by atoms with Crippen LogP contribution in [0.15, 0.2) is 73.1 Å². The minimum atomic E-state index is -4.56. The molecule has 0 saturated carbocycles. The highest BCUT2D eigenvalue weighted by Gasteiger charge is 2.56. The molecule has 1 aliphatic carbocycles. The molecule has 1 aliphatic heterocycles. The van der Waals surface area contributed by atoms with Gasteiger partial charge in [0.05, 0.1) is 11.6 Å². The van der Waals surface area contributed by atoms with Crippen molar-refractivity contribution < 1.29 is 32.3 Å². The van der Waals surface area contributed by atoms with Crippen molar-refractivity contribution in [1.82, 2.24) is 4.90 Å². The second-order valence-electron chi connectivity index (χ2n) is 9.32. The van der Waals surface area contributed by atoms with Gasteiger partial charge >= 0.3 is 12.3 Å². The van der Waals surface area contributed by atoms with Crippen LogP contribution in [-0.2, 0) is 15.7 Å². The van der Waals surface area contributed by atoms with Crippen LogP contribution in [0.5, 0.6) is 0 Å². The maximum atomic E-state index is 13.6. The largest absolute Gasteiger partial charge is 0.443 e. The fourth-order valence-electron chi connectivity index (χ4n) is 4.18. The molecule has 0 radical (unpaired) electrons. The summed E-state index contributed by atoms with van der Waals surface area (Å²) in [6.45, 7) is 5.07. The standard InChI is InChI=1S/C26H23F3N2O4/c1-24(2,3)35-23(34)31-13-11-20(32)25(12-14-31)21(18-9-4-5-10-19(18)22(25)33)30-17-8-6-7-16(15-17)26(27,28)29/h4-15,21,30H,1-3H3/t21-,25-/m1/s1. The van der Waals surface area contributed by atoms with Gasteiger partial charge in [-0.1, -0.05) is 30.3 Å². The minimum absolute atomic E-state index is 0.0899. The van der Waals surface area contributed by atoms with E-state index in [4.69, 9.17) is 4.74 Å². The molecular weight excluding hydrogens is 461 g/mol. The molecule has 4 rings (SSSR count). The van der Waals surface area contributed by atoms with Crippen molar-refractivity contribution in [2.24, 2.45) is 5.41 Å². The van der Waals surface area contributed by atoms with Gasteiger partial charge < -0.3 is 10.1 Å². The molecule has 2 aromatic rings.